The molecule has 0 N–H and O–H groups in total. The van der Waals surface area contributed by atoms with Crippen molar-refractivity contribution < 1.29 is 23.7 Å². The highest BCUT2D eigenvalue weighted by Gasteiger charge is 2.33. The van der Waals surface area contributed by atoms with Gasteiger partial charge in [0.2, 0.25) is 0 Å². The van der Waals surface area contributed by atoms with E-state index in [1.54, 1.807) is 13.8 Å². The summed E-state index contributed by atoms with van der Waals surface area (Å²) in [5, 5.41) is 12.6. The van der Waals surface area contributed by atoms with Crippen molar-refractivity contribution in [2.75, 3.05) is 19.8 Å². The number of ether oxygens (including phenoxy) is 3. The summed E-state index contributed by atoms with van der Waals surface area (Å²) in [5.41, 5.74) is 0.848. The zero-order valence-electron chi connectivity index (χ0n) is 15.4. The maximum absolute atomic E-state index is 12.6. The molecule has 6 nitrogen and oxygen atoms in total. The van der Waals surface area contributed by atoms with Gasteiger partial charge in [-0.2, -0.15) is 0 Å². The monoisotopic (exact) mass is 361 g/mol. The smallest absolute Gasteiger partial charge is 0.338 e. The fourth-order valence-electron chi connectivity index (χ4n) is 2.23. The highest BCUT2D eigenvalue weighted by molar-refractivity contribution is 5.80. The summed E-state index contributed by atoms with van der Waals surface area (Å²) in [5.74, 6) is -0.597. The van der Waals surface area contributed by atoms with Gasteiger partial charge < -0.3 is 19.4 Å². The second-order valence-electron chi connectivity index (χ2n) is 5.48. The largest absolute Gasteiger partial charge is 0.624 e. The van der Waals surface area contributed by atoms with Crippen LogP contribution in [0.5, 0.6) is 0 Å². The zero-order chi connectivity index (χ0) is 19.4. The molecule has 0 bridgehead atoms. The van der Waals surface area contributed by atoms with Crippen LogP contribution in [-0.4, -0.2) is 49.0 Å². The highest BCUT2D eigenvalue weighted by atomic mass is 16.6. The van der Waals surface area contributed by atoms with Crippen molar-refractivity contribution >= 4 is 12.2 Å². The minimum absolute atomic E-state index is 0.123. The maximum Gasteiger partial charge on any atom is 0.338 e. The van der Waals surface area contributed by atoms with Gasteiger partial charge in [-0.3, -0.25) is 0 Å². The Hall–Kier alpha value is -2.44. The first-order valence-corrected chi connectivity index (χ1v) is 8.52. The lowest BCUT2D eigenvalue weighted by Gasteiger charge is -2.23. The molecule has 0 aromatic heterocycles. The van der Waals surface area contributed by atoms with Gasteiger partial charge in [0.25, 0.3) is 0 Å². The molecule has 0 aliphatic carbocycles. The molecule has 1 rings (SSSR count). The van der Waals surface area contributed by atoms with Crippen molar-refractivity contribution in [3.8, 4) is 0 Å². The molecule has 0 aliphatic rings. The molecule has 0 amide bonds. The molecule has 0 heterocycles. The Morgan fingerprint density at radius 2 is 1.81 bits per heavy atom. The van der Waals surface area contributed by atoms with Crippen LogP contribution in [0.3, 0.4) is 0 Å². The van der Waals surface area contributed by atoms with Crippen molar-refractivity contribution in [2.45, 2.75) is 32.1 Å². The third-order valence-corrected chi connectivity index (χ3v) is 3.58. The fourth-order valence-corrected chi connectivity index (χ4v) is 2.23. The third kappa shape index (κ3) is 6.82. The third-order valence-electron chi connectivity index (χ3n) is 3.58. The van der Waals surface area contributed by atoms with Crippen molar-refractivity contribution in [2.24, 2.45) is 0 Å². The summed E-state index contributed by atoms with van der Waals surface area (Å²) in [7, 11) is 0. The predicted molar refractivity (Wildman–Crippen MR) is 101 cm³/mol. The molecular weight excluding hydrogens is 334 g/mol. The minimum atomic E-state index is -1.08. The molecule has 0 spiro atoms. The Morgan fingerprint density at radius 3 is 2.38 bits per heavy atom. The summed E-state index contributed by atoms with van der Waals surface area (Å²) in [4.78, 5) is 12.2. The van der Waals surface area contributed by atoms with Crippen molar-refractivity contribution in [1.82, 2.24) is 0 Å². The van der Waals surface area contributed by atoms with Crippen LogP contribution in [-0.2, 0) is 19.0 Å². The zero-order valence-corrected chi connectivity index (χ0v) is 15.4. The number of hydrogen-bond acceptors (Lipinski definition) is 5. The number of hydrogen-bond donors (Lipinski definition) is 0. The quantitative estimate of drug-likeness (QED) is 0.143. The summed E-state index contributed by atoms with van der Waals surface area (Å²) in [6.45, 7) is 11.1. The Labute approximate surface area is 155 Å². The molecular formula is C20H27NO5. The molecule has 0 saturated heterocycles. The number of rotatable bonds is 12. The van der Waals surface area contributed by atoms with Crippen molar-refractivity contribution in [3.05, 3.63) is 66.4 Å². The van der Waals surface area contributed by atoms with Crippen LogP contribution in [0.4, 0.5) is 0 Å². The van der Waals surface area contributed by atoms with Gasteiger partial charge in [-0.15, -0.1) is 13.2 Å². The Morgan fingerprint density at radius 1 is 1.19 bits per heavy atom. The average Bonchev–Trinajstić information content (AvgIpc) is 2.66. The van der Waals surface area contributed by atoms with E-state index in [-0.39, 0.29) is 19.8 Å². The first-order valence-electron chi connectivity index (χ1n) is 8.52. The van der Waals surface area contributed by atoms with E-state index in [0.717, 1.165) is 10.3 Å². The minimum Gasteiger partial charge on any atom is -0.624 e. The van der Waals surface area contributed by atoms with Crippen LogP contribution in [0.2, 0.25) is 0 Å². The number of nitrogens with zero attached hydrogens (tertiary/aromatic N) is 1. The van der Waals surface area contributed by atoms with E-state index < -0.39 is 24.2 Å². The van der Waals surface area contributed by atoms with E-state index in [9.17, 15) is 10.0 Å². The van der Waals surface area contributed by atoms with E-state index >= 15 is 0 Å². The first-order chi connectivity index (χ1) is 12.5. The van der Waals surface area contributed by atoms with Gasteiger partial charge in [-0.1, -0.05) is 42.5 Å². The van der Waals surface area contributed by atoms with E-state index in [0.29, 0.717) is 0 Å². The summed E-state index contributed by atoms with van der Waals surface area (Å²) in [6.07, 6.45) is 2.35. The van der Waals surface area contributed by atoms with E-state index in [1.165, 1.54) is 18.4 Å². The van der Waals surface area contributed by atoms with Crippen LogP contribution in [0, 0.1) is 5.21 Å². The van der Waals surface area contributed by atoms with Gasteiger partial charge in [0, 0.05) is 12.5 Å². The molecule has 0 unspecified atom stereocenters. The lowest BCUT2D eigenvalue weighted by molar-refractivity contribution is -0.501. The van der Waals surface area contributed by atoms with Gasteiger partial charge in [0.05, 0.1) is 19.8 Å². The maximum atomic E-state index is 12.6. The van der Waals surface area contributed by atoms with Crippen LogP contribution < -0.4 is 0 Å². The van der Waals surface area contributed by atoms with Gasteiger partial charge in [0.15, 0.2) is 24.5 Å². The summed E-state index contributed by atoms with van der Waals surface area (Å²) in [6, 6.07) is 8.87. The molecule has 0 radical (unpaired) electrons. The van der Waals surface area contributed by atoms with Gasteiger partial charge >= 0.3 is 5.97 Å². The number of hydroxylamine groups is 1. The Bertz CT molecular complexity index is 599. The molecule has 142 valence electrons. The molecule has 0 saturated carbocycles. The molecule has 1 aromatic rings. The predicted octanol–water partition coefficient (Wildman–Crippen LogP) is 3.03. The number of benzene rings is 1. The van der Waals surface area contributed by atoms with Gasteiger partial charge in [0.1, 0.15) is 0 Å². The van der Waals surface area contributed by atoms with Crippen LogP contribution in [0.1, 0.15) is 25.5 Å². The highest BCUT2D eigenvalue weighted by Crippen LogP contribution is 2.16. The van der Waals surface area contributed by atoms with E-state index in [1.807, 2.05) is 30.3 Å². The first kappa shape index (κ1) is 21.6. The van der Waals surface area contributed by atoms with Crippen molar-refractivity contribution in [3.63, 3.8) is 0 Å². The lowest BCUT2D eigenvalue weighted by Crippen LogP contribution is -2.42. The molecule has 0 fully saturated rings. The van der Waals surface area contributed by atoms with Crippen molar-refractivity contribution in [1.29, 1.82) is 0 Å². The second kappa shape index (κ2) is 12.0. The van der Waals surface area contributed by atoms with Gasteiger partial charge in [-0.05, 0) is 6.92 Å². The van der Waals surface area contributed by atoms with E-state index in [2.05, 4.69) is 13.2 Å². The Kier molecular flexibility index (Phi) is 9.97. The SMILES string of the molecule is C=CCO[C@@H](/C=[N+](\[O-])[C@@H](C)c1ccccc1)[C@@H](OCC=C)C(=O)OCC. The van der Waals surface area contributed by atoms with E-state index in [4.69, 9.17) is 14.2 Å². The topological polar surface area (TPSA) is 70.8 Å². The molecule has 6 heteroatoms. The number of esters is 1. The average molecular weight is 361 g/mol. The molecule has 0 aliphatic heterocycles. The summed E-state index contributed by atoms with van der Waals surface area (Å²) < 4.78 is 16.9. The number of carbonyl (C=O) groups is 1. The lowest BCUT2D eigenvalue weighted by atomic mass is 10.1. The fraction of sp³-hybridized carbons (Fsp3) is 0.400. The van der Waals surface area contributed by atoms with Crippen LogP contribution in [0.15, 0.2) is 55.6 Å². The Balaban J connectivity index is 3.08. The molecule has 1 aromatic carbocycles. The number of carbonyl (C=O) groups excluding carboxylic acids is 1. The molecule has 26 heavy (non-hydrogen) atoms. The standard InChI is InChI=1S/C20H27NO5/c1-5-13-25-18(19(26-14-6-2)20(22)24-7-3)15-21(23)16(4)17-11-9-8-10-12-17/h5-6,8-12,15-16,18-19H,1-2,7,13-14H2,3-4H3/b21-15-/t16-,18-,19+/m0/s1. The second-order valence-corrected chi connectivity index (χ2v) is 5.48. The van der Waals surface area contributed by atoms with Crippen LogP contribution in [0.25, 0.3) is 0 Å². The normalized spacial score (nSPS) is 14.9. The molecule has 3 atom stereocenters. The van der Waals surface area contributed by atoms with Crippen LogP contribution >= 0.6 is 0 Å². The van der Waals surface area contributed by atoms with Gasteiger partial charge in [-0.25, -0.2) is 9.53 Å². The summed E-state index contributed by atoms with van der Waals surface area (Å²) >= 11 is 0.